The van der Waals surface area contributed by atoms with Crippen LogP contribution in [0, 0.1) is 0 Å². The fourth-order valence-corrected chi connectivity index (χ4v) is 3.58. The molecule has 2 fully saturated rings. The third kappa shape index (κ3) is 3.69. The molecule has 19 heavy (non-hydrogen) atoms. The van der Waals surface area contributed by atoms with E-state index in [0.29, 0.717) is 12.5 Å². The van der Waals surface area contributed by atoms with Crippen molar-refractivity contribution in [2.75, 3.05) is 32.7 Å². The smallest absolute Gasteiger partial charge is 0.223 e. The van der Waals surface area contributed by atoms with Gasteiger partial charge in [0.25, 0.3) is 0 Å². The number of hydrogen-bond donors (Lipinski definition) is 1. The molecule has 4 nitrogen and oxygen atoms in total. The van der Waals surface area contributed by atoms with E-state index in [1.807, 2.05) is 18.7 Å². The third-order valence-electron chi connectivity index (χ3n) is 4.72. The number of hydrogen-bond acceptors (Lipinski definition) is 3. The van der Waals surface area contributed by atoms with Crippen LogP contribution in [-0.2, 0) is 4.79 Å². The van der Waals surface area contributed by atoms with E-state index in [1.54, 1.807) is 0 Å². The van der Waals surface area contributed by atoms with Crippen LogP contribution < -0.4 is 5.32 Å². The average Bonchev–Trinajstić information content (AvgIpc) is 2.84. The van der Waals surface area contributed by atoms with Gasteiger partial charge in [0, 0.05) is 44.7 Å². The van der Waals surface area contributed by atoms with E-state index in [4.69, 9.17) is 0 Å². The zero-order chi connectivity index (χ0) is 13.7. The van der Waals surface area contributed by atoms with Crippen LogP contribution in [0.4, 0.5) is 0 Å². The highest BCUT2D eigenvalue weighted by Crippen LogP contribution is 2.26. The first kappa shape index (κ1) is 14.8. The average molecular weight is 267 g/mol. The molecule has 0 radical (unpaired) electrons. The van der Waals surface area contributed by atoms with Crippen molar-refractivity contribution >= 4 is 5.91 Å². The minimum Gasteiger partial charge on any atom is -0.343 e. The van der Waals surface area contributed by atoms with E-state index in [9.17, 15) is 4.79 Å². The van der Waals surface area contributed by atoms with Gasteiger partial charge >= 0.3 is 0 Å². The van der Waals surface area contributed by atoms with Crippen LogP contribution in [-0.4, -0.2) is 60.5 Å². The number of rotatable bonds is 6. The molecule has 0 aromatic carbocycles. The number of carbonyl (C=O) groups excluding carboxylic acids is 1. The Bertz CT molecular complexity index is 291. The quantitative estimate of drug-likeness (QED) is 0.791. The van der Waals surface area contributed by atoms with Crippen LogP contribution in [0.3, 0.4) is 0 Å². The first-order valence-corrected chi connectivity index (χ1v) is 8.01. The maximum absolute atomic E-state index is 11.9. The molecule has 0 aliphatic carbocycles. The number of amides is 1. The van der Waals surface area contributed by atoms with E-state index in [1.165, 1.54) is 38.8 Å². The van der Waals surface area contributed by atoms with Crippen LogP contribution in [0.15, 0.2) is 0 Å². The second kappa shape index (κ2) is 7.25. The maximum Gasteiger partial charge on any atom is 0.223 e. The molecule has 0 aromatic heterocycles. The molecule has 1 amide bonds. The zero-order valence-electron chi connectivity index (χ0n) is 12.5. The van der Waals surface area contributed by atoms with Crippen molar-refractivity contribution in [1.29, 1.82) is 0 Å². The summed E-state index contributed by atoms with van der Waals surface area (Å²) in [5.41, 5.74) is 0. The van der Waals surface area contributed by atoms with Gasteiger partial charge in [-0.15, -0.1) is 0 Å². The van der Waals surface area contributed by atoms with E-state index >= 15 is 0 Å². The van der Waals surface area contributed by atoms with Gasteiger partial charge in [0.2, 0.25) is 5.91 Å². The number of fused-ring (bicyclic) bond motifs is 1. The summed E-state index contributed by atoms with van der Waals surface area (Å²) in [6.45, 7) is 9.11. The van der Waals surface area contributed by atoms with Gasteiger partial charge in [0.1, 0.15) is 0 Å². The number of carbonyl (C=O) groups is 1. The molecule has 2 aliphatic rings. The van der Waals surface area contributed by atoms with Crippen molar-refractivity contribution in [3.05, 3.63) is 0 Å². The van der Waals surface area contributed by atoms with Gasteiger partial charge in [-0.3, -0.25) is 9.69 Å². The maximum atomic E-state index is 11.9. The molecule has 2 rings (SSSR count). The highest BCUT2D eigenvalue weighted by Gasteiger charge is 2.34. The summed E-state index contributed by atoms with van der Waals surface area (Å²) >= 11 is 0. The molecule has 0 bridgehead atoms. The second-order valence-electron chi connectivity index (χ2n) is 5.76. The monoisotopic (exact) mass is 267 g/mol. The third-order valence-corrected chi connectivity index (χ3v) is 4.72. The normalized spacial score (nSPS) is 27.3. The molecule has 2 aliphatic heterocycles. The van der Waals surface area contributed by atoms with Gasteiger partial charge < -0.3 is 10.2 Å². The minimum atomic E-state index is 0.288. The molecular formula is C15H29N3O. The molecular weight excluding hydrogens is 238 g/mol. The number of nitrogens with zero attached hydrogens (tertiary/aromatic N) is 2. The second-order valence-corrected chi connectivity index (χ2v) is 5.76. The molecule has 0 saturated carbocycles. The van der Waals surface area contributed by atoms with Gasteiger partial charge in [0.15, 0.2) is 0 Å². The Kier molecular flexibility index (Phi) is 5.64. The Morgan fingerprint density at radius 1 is 1.21 bits per heavy atom. The topological polar surface area (TPSA) is 35.6 Å². The molecule has 1 N–H and O–H groups in total. The Labute approximate surface area is 117 Å². The van der Waals surface area contributed by atoms with Crippen molar-refractivity contribution in [3.63, 3.8) is 0 Å². The summed E-state index contributed by atoms with van der Waals surface area (Å²) in [5, 5.41) is 3.63. The Morgan fingerprint density at radius 2 is 2.00 bits per heavy atom. The molecule has 0 aromatic rings. The lowest BCUT2D eigenvalue weighted by molar-refractivity contribution is -0.130. The summed E-state index contributed by atoms with van der Waals surface area (Å²) in [7, 11) is 0. The largest absolute Gasteiger partial charge is 0.343 e. The molecule has 2 heterocycles. The fraction of sp³-hybridized carbons (Fsp3) is 0.933. The van der Waals surface area contributed by atoms with Crippen LogP contribution in [0.25, 0.3) is 0 Å². The first-order valence-electron chi connectivity index (χ1n) is 8.01. The fourth-order valence-electron chi connectivity index (χ4n) is 3.58. The van der Waals surface area contributed by atoms with E-state index < -0.39 is 0 Å². The van der Waals surface area contributed by atoms with Gasteiger partial charge in [0.05, 0.1) is 0 Å². The standard InChI is InChI=1S/C15H29N3O/c1-3-17(4-2)15(19)8-10-16-13-9-12-18-11-6-5-7-14(13)18/h13-14,16H,3-12H2,1-2H3. The zero-order valence-corrected chi connectivity index (χ0v) is 12.5. The summed E-state index contributed by atoms with van der Waals surface area (Å²) in [5.74, 6) is 0.288. The van der Waals surface area contributed by atoms with Crippen molar-refractivity contribution < 1.29 is 4.79 Å². The van der Waals surface area contributed by atoms with E-state index in [-0.39, 0.29) is 5.91 Å². The van der Waals surface area contributed by atoms with Gasteiger partial charge in [-0.25, -0.2) is 0 Å². The minimum absolute atomic E-state index is 0.288. The van der Waals surface area contributed by atoms with E-state index in [0.717, 1.165) is 25.7 Å². The van der Waals surface area contributed by atoms with Crippen molar-refractivity contribution in [2.45, 2.75) is 58.0 Å². The molecule has 4 heteroatoms. The lowest BCUT2D eigenvalue weighted by Gasteiger charge is -2.32. The predicted molar refractivity (Wildman–Crippen MR) is 78.2 cm³/mol. The van der Waals surface area contributed by atoms with Crippen LogP contribution in [0.5, 0.6) is 0 Å². The van der Waals surface area contributed by atoms with Crippen LogP contribution in [0.2, 0.25) is 0 Å². The van der Waals surface area contributed by atoms with Gasteiger partial charge in [-0.2, -0.15) is 0 Å². The van der Waals surface area contributed by atoms with Crippen molar-refractivity contribution in [2.24, 2.45) is 0 Å². The predicted octanol–water partition coefficient (Wildman–Crippen LogP) is 1.46. The SMILES string of the molecule is CCN(CC)C(=O)CCNC1CCN2CCCCC12. The molecule has 110 valence electrons. The summed E-state index contributed by atoms with van der Waals surface area (Å²) in [4.78, 5) is 16.5. The lowest BCUT2D eigenvalue weighted by atomic mass is 9.99. The number of piperidine rings is 1. The summed E-state index contributed by atoms with van der Waals surface area (Å²) in [6, 6.07) is 1.35. The highest BCUT2D eigenvalue weighted by molar-refractivity contribution is 5.76. The van der Waals surface area contributed by atoms with E-state index in [2.05, 4.69) is 10.2 Å². The van der Waals surface area contributed by atoms with Crippen LogP contribution in [0.1, 0.15) is 46.0 Å². The summed E-state index contributed by atoms with van der Waals surface area (Å²) < 4.78 is 0. The first-order chi connectivity index (χ1) is 9.26. The van der Waals surface area contributed by atoms with Gasteiger partial charge in [-0.1, -0.05) is 6.42 Å². The highest BCUT2D eigenvalue weighted by atomic mass is 16.2. The lowest BCUT2D eigenvalue weighted by Crippen LogP contribution is -2.45. The van der Waals surface area contributed by atoms with Crippen molar-refractivity contribution in [1.82, 2.24) is 15.1 Å². The molecule has 2 unspecified atom stereocenters. The van der Waals surface area contributed by atoms with Crippen molar-refractivity contribution in [3.8, 4) is 0 Å². The Hall–Kier alpha value is -0.610. The Morgan fingerprint density at radius 3 is 2.74 bits per heavy atom. The molecule has 2 atom stereocenters. The van der Waals surface area contributed by atoms with Crippen LogP contribution >= 0.6 is 0 Å². The molecule has 0 spiro atoms. The van der Waals surface area contributed by atoms with Gasteiger partial charge in [-0.05, 0) is 39.7 Å². The molecule has 2 saturated heterocycles. The Balaban J connectivity index is 1.69. The summed E-state index contributed by atoms with van der Waals surface area (Å²) in [6.07, 6.45) is 5.97. The number of nitrogens with one attached hydrogen (secondary N) is 1.